The van der Waals surface area contributed by atoms with Crippen LogP contribution in [0, 0.1) is 5.82 Å². The smallest absolute Gasteiger partial charge is 0.249 e. The van der Waals surface area contributed by atoms with E-state index in [0.717, 1.165) is 0 Å². The van der Waals surface area contributed by atoms with Crippen LogP contribution in [0.3, 0.4) is 0 Å². The van der Waals surface area contributed by atoms with Crippen LogP contribution in [0.25, 0.3) is 0 Å². The summed E-state index contributed by atoms with van der Waals surface area (Å²) in [7, 11) is 3.65. The van der Waals surface area contributed by atoms with Gasteiger partial charge >= 0.3 is 0 Å². The standard InChI is InChI=1S/C16H15BrClF2N2O2P/c1-22-7-8(18)6-12(24-16(20)25)15(22)21-11-4-5-23-14-9(11)2-3-10(17)13(14)19/h2-3,6-7,11,16H,4-5,25H2,1H3/b21-15-. The van der Waals surface area contributed by atoms with E-state index in [0.29, 0.717) is 33.6 Å². The number of nitrogens with zero attached hydrogens (tertiary/aromatic N) is 2. The van der Waals surface area contributed by atoms with Crippen LogP contribution in [-0.2, 0) is 7.05 Å². The third-order valence-electron chi connectivity index (χ3n) is 3.74. The van der Waals surface area contributed by atoms with Crippen molar-refractivity contribution in [3.8, 4) is 11.5 Å². The molecule has 0 amide bonds. The summed E-state index contributed by atoms with van der Waals surface area (Å²) in [6.07, 6.45) is 0.615. The minimum absolute atomic E-state index is 0.183. The minimum Gasteiger partial charge on any atom is -0.490 e. The maximum atomic E-state index is 14.3. The fraction of sp³-hybridized carbons (Fsp3) is 0.312. The summed E-state index contributed by atoms with van der Waals surface area (Å²) in [5.74, 6) is -0.0610. The molecule has 1 aromatic carbocycles. The van der Waals surface area contributed by atoms with E-state index < -0.39 is 11.9 Å². The van der Waals surface area contributed by atoms with Gasteiger partial charge in [0, 0.05) is 31.3 Å². The lowest BCUT2D eigenvalue weighted by atomic mass is 10.0. The van der Waals surface area contributed by atoms with Crippen molar-refractivity contribution in [2.24, 2.45) is 12.0 Å². The number of aromatic nitrogens is 1. The second-order valence-corrected chi connectivity index (χ2v) is 7.30. The van der Waals surface area contributed by atoms with Gasteiger partial charge in [-0.25, -0.2) is 4.39 Å². The number of fused-ring (bicyclic) bond motifs is 1. The summed E-state index contributed by atoms with van der Waals surface area (Å²) in [5, 5.41) is 0.393. The molecule has 1 aliphatic rings. The normalized spacial score (nSPS) is 18.5. The van der Waals surface area contributed by atoms with Crippen molar-refractivity contribution in [3.05, 3.63) is 50.8 Å². The van der Waals surface area contributed by atoms with E-state index in [9.17, 15) is 8.78 Å². The van der Waals surface area contributed by atoms with Gasteiger partial charge in [0.05, 0.1) is 22.1 Å². The van der Waals surface area contributed by atoms with Crippen LogP contribution in [0.5, 0.6) is 11.5 Å². The van der Waals surface area contributed by atoms with Crippen LogP contribution in [-0.4, -0.2) is 17.3 Å². The Hall–Kier alpha value is -1.17. The van der Waals surface area contributed by atoms with Crippen LogP contribution in [0.1, 0.15) is 18.0 Å². The molecule has 0 saturated heterocycles. The Morgan fingerprint density at radius 2 is 2.28 bits per heavy atom. The molecular weight excluding hydrogens is 437 g/mol. The van der Waals surface area contributed by atoms with Gasteiger partial charge in [-0.15, -0.1) is 0 Å². The zero-order valence-electron chi connectivity index (χ0n) is 13.2. The van der Waals surface area contributed by atoms with Crippen molar-refractivity contribution in [2.45, 2.75) is 18.6 Å². The first-order valence-corrected chi connectivity index (χ1v) is 9.27. The van der Waals surface area contributed by atoms with Gasteiger partial charge in [0.1, 0.15) is 0 Å². The number of ether oxygens (including phenoxy) is 2. The summed E-state index contributed by atoms with van der Waals surface area (Å²) < 4.78 is 40.2. The number of hydrogen-bond donors (Lipinski definition) is 0. The Labute approximate surface area is 159 Å². The number of rotatable bonds is 3. The molecule has 1 aromatic heterocycles. The van der Waals surface area contributed by atoms with Gasteiger partial charge < -0.3 is 14.0 Å². The van der Waals surface area contributed by atoms with Gasteiger partial charge in [0.25, 0.3) is 0 Å². The Morgan fingerprint density at radius 3 is 3.00 bits per heavy atom. The molecule has 134 valence electrons. The second kappa shape index (κ2) is 7.60. The number of pyridine rings is 1. The molecule has 9 heteroatoms. The molecule has 4 nitrogen and oxygen atoms in total. The first kappa shape index (κ1) is 18.6. The summed E-state index contributed by atoms with van der Waals surface area (Å²) >= 11 is 9.17. The van der Waals surface area contributed by atoms with Gasteiger partial charge in [-0.2, -0.15) is 4.39 Å². The minimum atomic E-state index is -1.59. The Kier molecular flexibility index (Phi) is 5.66. The SMILES string of the molecule is Cn1cc(Cl)cc(OC(F)P)/c1=N/C1CCOc2c1ccc(Br)c2F. The average molecular weight is 452 g/mol. The van der Waals surface area contributed by atoms with Gasteiger partial charge in [0.15, 0.2) is 22.8 Å². The molecule has 0 fully saturated rings. The Balaban J connectivity index is 2.13. The number of aryl methyl sites for hydroxylation is 1. The lowest BCUT2D eigenvalue weighted by Crippen LogP contribution is -2.24. The highest BCUT2D eigenvalue weighted by molar-refractivity contribution is 9.10. The maximum Gasteiger partial charge on any atom is 0.249 e. The van der Waals surface area contributed by atoms with Crippen molar-refractivity contribution >= 4 is 36.8 Å². The van der Waals surface area contributed by atoms with Crippen LogP contribution in [0.2, 0.25) is 5.02 Å². The third-order valence-corrected chi connectivity index (χ3v) is 4.69. The molecule has 0 saturated carbocycles. The van der Waals surface area contributed by atoms with Gasteiger partial charge in [0.2, 0.25) is 6.10 Å². The quantitative estimate of drug-likeness (QED) is 0.644. The van der Waals surface area contributed by atoms with E-state index >= 15 is 0 Å². The molecule has 3 unspecified atom stereocenters. The molecule has 1 aliphatic heterocycles. The largest absolute Gasteiger partial charge is 0.490 e. The van der Waals surface area contributed by atoms with Crippen LogP contribution in [0.15, 0.2) is 33.9 Å². The van der Waals surface area contributed by atoms with Crippen molar-refractivity contribution in [2.75, 3.05) is 6.61 Å². The fourth-order valence-electron chi connectivity index (χ4n) is 2.68. The molecule has 0 N–H and O–H groups in total. The highest BCUT2D eigenvalue weighted by atomic mass is 79.9. The van der Waals surface area contributed by atoms with Gasteiger partial charge in [-0.05, 0) is 22.0 Å². The molecule has 0 bridgehead atoms. The van der Waals surface area contributed by atoms with Gasteiger partial charge in [-0.1, -0.05) is 26.9 Å². The third kappa shape index (κ3) is 3.99. The molecule has 0 aliphatic carbocycles. The molecule has 0 spiro atoms. The summed E-state index contributed by atoms with van der Waals surface area (Å²) in [4.78, 5) is 4.67. The number of hydrogen-bond acceptors (Lipinski definition) is 3. The molecule has 3 rings (SSSR count). The Morgan fingerprint density at radius 1 is 1.52 bits per heavy atom. The van der Waals surface area contributed by atoms with Gasteiger partial charge in [-0.3, -0.25) is 4.99 Å². The number of benzene rings is 1. The summed E-state index contributed by atoms with van der Waals surface area (Å²) in [6, 6.07) is 4.54. The molecular formula is C16H15BrClF2N2O2P. The average Bonchev–Trinajstić information content (AvgIpc) is 2.54. The summed E-state index contributed by atoms with van der Waals surface area (Å²) in [5.41, 5.74) is 1.05. The molecule has 3 atom stereocenters. The van der Waals surface area contributed by atoms with E-state index in [2.05, 4.69) is 20.9 Å². The first-order chi connectivity index (χ1) is 11.9. The topological polar surface area (TPSA) is 35.8 Å². The number of alkyl halides is 1. The fourth-order valence-corrected chi connectivity index (χ4v) is 3.38. The lowest BCUT2D eigenvalue weighted by Gasteiger charge is -2.24. The Bertz CT molecular complexity index is 876. The van der Waals surface area contributed by atoms with Crippen LogP contribution < -0.4 is 15.0 Å². The maximum absolute atomic E-state index is 14.3. The van der Waals surface area contributed by atoms with E-state index in [4.69, 9.17) is 21.1 Å². The van der Waals surface area contributed by atoms with Crippen molar-refractivity contribution in [1.29, 1.82) is 0 Å². The zero-order chi connectivity index (χ0) is 18.1. The first-order valence-electron chi connectivity index (χ1n) is 7.44. The predicted molar refractivity (Wildman–Crippen MR) is 98.2 cm³/mol. The molecule has 0 radical (unpaired) electrons. The highest BCUT2D eigenvalue weighted by Crippen LogP contribution is 2.39. The molecule has 2 aromatic rings. The van der Waals surface area contributed by atoms with E-state index in [1.54, 1.807) is 29.9 Å². The summed E-state index contributed by atoms with van der Waals surface area (Å²) in [6.45, 7) is 0.331. The van der Waals surface area contributed by atoms with Crippen molar-refractivity contribution < 1.29 is 18.3 Å². The van der Waals surface area contributed by atoms with E-state index in [-0.39, 0.29) is 17.5 Å². The van der Waals surface area contributed by atoms with Crippen molar-refractivity contribution in [1.82, 2.24) is 4.57 Å². The van der Waals surface area contributed by atoms with Crippen LogP contribution >= 0.6 is 36.8 Å². The highest BCUT2D eigenvalue weighted by Gasteiger charge is 2.25. The molecule has 2 heterocycles. The monoisotopic (exact) mass is 450 g/mol. The van der Waals surface area contributed by atoms with Crippen LogP contribution in [0.4, 0.5) is 8.78 Å². The molecule has 25 heavy (non-hydrogen) atoms. The number of halogens is 4. The zero-order valence-corrected chi connectivity index (χ0v) is 16.7. The second-order valence-electron chi connectivity index (χ2n) is 5.49. The van der Waals surface area contributed by atoms with Crippen molar-refractivity contribution in [3.63, 3.8) is 0 Å². The van der Waals surface area contributed by atoms with E-state index in [1.165, 1.54) is 6.07 Å². The predicted octanol–water partition coefficient (Wildman–Crippen LogP) is 4.51. The lowest BCUT2D eigenvalue weighted by molar-refractivity contribution is 0.149. The van der Waals surface area contributed by atoms with E-state index in [1.807, 2.05) is 9.24 Å².